The van der Waals surface area contributed by atoms with Crippen molar-refractivity contribution < 1.29 is 27.4 Å². The third-order valence-electron chi connectivity index (χ3n) is 5.20. The van der Waals surface area contributed by atoms with Gasteiger partial charge in [0.25, 0.3) is 0 Å². The lowest BCUT2D eigenvalue weighted by Crippen LogP contribution is -2.34. The molecule has 0 saturated carbocycles. The second-order valence-corrected chi connectivity index (χ2v) is 7.39. The van der Waals surface area contributed by atoms with Crippen LogP contribution in [0.15, 0.2) is 43.0 Å². The molecule has 1 aliphatic heterocycles. The summed E-state index contributed by atoms with van der Waals surface area (Å²) in [6.45, 7) is 5.16. The topological polar surface area (TPSA) is 68.5 Å². The number of aliphatic hydroxyl groups excluding tert-OH is 1. The van der Waals surface area contributed by atoms with Crippen molar-refractivity contribution in [1.82, 2.24) is 0 Å². The molecule has 0 saturated heterocycles. The quantitative estimate of drug-likeness (QED) is 0.461. The first-order valence-electron chi connectivity index (χ1n) is 10.0. The van der Waals surface area contributed by atoms with E-state index in [0.29, 0.717) is 28.9 Å². The molecule has 32 heavy (non-hydrogen) atoms. The number of halogens is 4. The fourth-order valence-electron chi connectivity index (χ4n) is 3.55. The van der Waals surface area contributed by atoms with Crippen LogP contribution in [-0.2, 0) is 17.5 Å². The van der Waals surface area contributed by atoms with E-state index < -0.39 is 23.5 Å². The summed E-state index contributed by atoms with van der Waals surface area (Å²) in [5.41, 5.74) is 1.76. The van der Waals surface area contributed by atoms with E-state index in [0.717, 1.165) is 12.1 Å². The van der Waals surface area contributed by atoms with E-state index >= 15 is 0 Å². The van der Waals surface area contributed by atoms with E-state index in [4.69, 9.17) is 9.84 Å². The number of nitrogens with zero attached hydrogens (tertiary/aromatic N) is 2. The van der Waals surface area contributed by atoms with Gasteiger partial charge in [0.15, 0.2) is 0 Å². The number of anilines is 2. The molecule has 1 heterocycles. The predicted octanol–water partition coefficient (Wildman–Crippen LogP) is 4.44. The van der Waals surface area contributed by atoms with Crippen LogP contribution in [0, 0.1) is 23.1 Å². The van der Waals surface area contributed by atoms with E-state index in [-0.39, 0.29) is 38.6 Å². The molecule has 0 aliphatic carbocycles. The maximum absolute atomic E-state index is 14.7. The number of nitriles is 1. The van der Waals surface area contributed by atoms with Crippen LogP contribution in [0.1, 0.15) is 16.7 Å². The molecule has 9 heteroatoms. The Morgan fingerprint density at radius 2 is 1.94 bits per heavy atom. The molecular weight excluding hydrogens is 426 g/mol. The van der Waals surface area contributed by atoms with Crippen molar-refractivity contribution in [2.75, 3.05) is 43.1 Å². The van der Waals surface area contributed by atoms with Gasteiger partial charge in [0.1, 0.15) is 5.82 Å². The SMILES string of the molecule is C=C1c2cc(F)c(NCCOCCO)cc2N(Cc2ccc(C(F)(F)F)cc2)CC1C#N. The average Bonchev–Trinajstić information content (AvgIpc) is 2.76. The number of alkyl halides is 3. The zero-order chi connectivity index (χ0) is 23.3. The summed E-state index contributed by atoms with van der Waals surface area (Å²) in [5, 5.41) is 21.2. The minimum absolute atomic E-state index is 0.103. The summed E-state index contributed by atoms with van der Waals surface area (Å²) in [4.78, 5) is 1.84. The van der Waals surface area contributed by atoms with Crippen LogP contribution in [-0.4, -0.2) is 38.0 Å². The molecule has 1 aliphatic rings. The Bertz CT molecular complexity index is 1000. The number of fused-ring (bicyclic) bond motifs is 1. The lowest BCUT2D eigenvalue weighted by atomic mass is 9.88. The fraction of sp³-hybridized carbons (Fsp3) is 0.348. The number of aliphatic hydroxyl groups is 1. The number of hydrogen-bond acceptors (Lipinski definition) is 5. The van der Waals surface area contributed by atoms with Gasteiger partial charge >= 0.3 is 6.18 Å². The largest absolute Gasteiger partial charge is 0.416 e. The minimum Gasteiger partial charge on any atom is -0.394 e. The van der Waals surface area contributed by atoms with Gasteiger partial charge in [-0.25, -0.2) is 4.39 Å². The minimum atomic E-state index is -4.42. The van der Waals surface area contributed by atoms with Gasteiger partial charge in [-0.2, -0.15) is 18.4 Å². The standard InChI is InChI=1S/C23H23F4N3O2/c1-15-17(12-28)14-30(13-16-2-4-18(5-3-16)23(25,26)27)22-11-21(20(24)10-19(15)22)29-6-8-32-9-7-31/h2-5,10-11,17,29,31H,1,6-9,13-14H2. The molecule has 2 aromatic carbocycles. The molecule has 0 amide bonds. The van der Waals surface area contributed by atoms with Crippen LogP contribution in [0.25, 0.3) is 5.57 Å². The number of rotatable bonds is 8. The van der Waals surface area contributed by atoms with Gasteiger partial charge < -0.3 is 20.1 Å². The first kappa shape index (κ1) is 23.6. The highest BCUT2D eigenvalue weighted by Gasteiger charge is 2.31. The van der Waals surface area contributed by atoms with E-state index in [1.807, 2.05) is 4.90 Å². The Kier molecular flexibility index (Phi) is 7.38. The number of ether oxygens (including phenoxy) is 1. The molecule has 0 fully saturated rings. The van der Waals surface area contributed by atoms with E-state index in [2.05, 4.69) is 18.0 Å². The summed E-state index contributed by atoms with van der Waals surface area (Å²) < 4.78 is 58.4. The smallest absolute Gasteiger partial charge is 0.394 e. The lowest BCUT2D eigenvalue weighted by molar-refractivity contribution is -0.137. The molecule has 170 valence electrons. The van der Waals surface area contributed by atoms with Gasteiger partial charge in [-0.3, -0.25) is 0 Å². The molecule has 2 N–H and O–H groups in total. The third-order valence-corrected chi connectivity index (χ3v) is 5.20. The average molecular weight is 449 g/mol. The highest BCUT2D eigenvalue weighted by atomic mass is 19.4. The molecular formula is C23H23F4N3O2. The molecule has 2 aromatic rings. The summed E-state index contributed by atoms with van der Waals surface area (Å²) in [6, 6.07) is 9.92. The second kappa shape index (κ2) is 10.0. The van der Waals surface area contributed by atoms with Crippen LogP contribution < -0.4 is 10.2 Å². The number of nitrogens with one attached hydrogen (secondary N) is 1. The van der Waals surface area contributed by atoms with Crippen molar-refractivity contribution in [3.05, 3.63) is 65.5 Å². The van der Waals surface area contributed by atoms with Crippen molar-refractivity contribution in [1.29, 1.82) is 5.26 Å². The van der Waals surface area contributed by atoms with Crippen molar-refractivity contribution in [2.45, 2.75) is 12.7 Å². The van der Waals surface area contributed by atoms with E-state index in [9.17, 15) is 22.8 Å². The van der Waals surface area contributed by atoms with Crippen LogP contribution in [0.2, 0.25) is 0 Å². The van der Waals surface area contributed by atoms with Gasteiger partial charge in [0, 0.05) is 30.9 Å². The summed E-state index contributed by atoms with van der Waals surface area (Å²) in [6.07, 6.45) is -4.42. The maximum Gasteiger partial charge on any atom is 0.416 e. The maximum atomic E-state index is 14.7. The molecule has 0 bridgehead atoms. The van der Waals surface area contributed by atoms with Crippen molar-refractivity contribution in [2.24, 2.45) is 5.92 Å². The molecule has 3 rings (SSSR count). The van der Waals surface area contributed by atoms with E-state index in [1.54, 1.807) is 6.07 Å². The zero-order valence-electron chi connectivity index (χ0n) is 17.3. The van der Waals surface area contributed by atoms with Gasteiger partial charge in [-0.05, 0) is 35.4 Å². The Hall–Kier alpha value is -3.09. The van der Waals surface area contributed by atoms with Crippen LogP contribution >= 0.6 is 0 Å². The Morgan fingerprint density at radius 1 is 1.22 bits per heavy atom. The lowest BCUT2D eigenvalue weighted by Gasteiger charge is -2.35. The van der Waals surface area contributed by atoms with Crippen LogP contribution in [0.3, 0.4) is 0 Å². The first-order valence-corrected chi connectivity index (χ1v) is 10.0. The first-order chi connectivity index (χ1) is 15.2. The highest BCUT2D eigenvalue weighted by molar-refractivity contribution is 5.83. The van der Waals surface area contributed by atoms with Gasteiger partial charge in [-0.15, -0.1) is 0 Å². The van der Waals surface area contributed by atoms with E-state index in [1.165, 1.54) is 18.2 Å². The monoisotopic (exact) mass is 449 g/mol. The van der Waals surface area contributed by atoms with Crippen molar-refractivity contribution in [3.8, 4) is 6.07 Å². The molecule has 0 spiro atoms. The molecule has 0 aromatic heterocycles. The Morgan fingerprint density at radius 3 is 2.56 bits per heavy atom. The highest BCUT2D eigenvalue weighted by Crippen LogP contribution is 2.40. The van der Waals surface area contributed by atoms with Gasteiger partial charge in [0.2, 0.25) is 0 Å². The predicted molar refractivity (Wildman–Crippen MR) is 113 cm³/mol. The van der Waals surface area contributed by atoms with Crippen LogP contribution in [0.5, 0.6) is 0 Å². The zero-order valence-corrected chi connectivity index (χ0v) is 17.3. The normalized spacial score (nSPS) is 15.9. The third kappa shape index (κ3) is 5.39. The van der Waals surface area contributed by atoms with Gasteiger partial charge in [-0.1, -0.05) is 18.7 Å². The van der Waals surface area contributed by atoms with Crippen molar-refractivity contribution in [3.63, 3.8) is 0 Å². The van der Waals surface area contributed by atoms with Crippen molar-refractivity contribution >= 4 is 16.9 Å². The summed E-state index contributed by atoms with van der Waals surface area (Å²) in [7, 11) is 0. The molecule has 0 radical (unpaired) electrons. The number of benzene rings is 2. The van der Waals surface area contributed by atoms with Gasteiger partial charge in [0.05, 0.1) is 43.1 Å². The summed E-state index contributed by atoms with van der Waals surface area (Å²) >= 11 is 0. The Labute approximate surface area is 183 Å². The van der Waals surface area contributed by atoms with Crippen LogP contribution in [0.4, 0.5) is 28.9 Å². The molecule has 1 atom stereocenters. The Balaban J connectivity index is 1.86. The molecule has 5 nitrogen and oxygen atoms in total. The summed E-state index contributed by atoms with van der Waals surface area (Å²) in [5.74, 6) is -1.08. The number of hydrogen-bond donors (Lipinski definition) is 2. The fourth-order valence-corrected chi connectivity index (χ4v) is 3.55. The second-order valence-electron chi connectivity index (χ2n) is 7.39. The molecule has 1 unspecified atom stereocenters.